The minimum absolute atomic E-state index is 0.186. The second kappa shape index (κ2) is 8.23. The SMILES string of the molecule is CCOC(=O)[C@]12CCC[C@@]3(CCC=CC[C@@]31O)CN(CCCc1ccccc1)C2. The van der Waals surface area contributed by atoms with Gasteiger partial charge in [0.15, 0.2) is 0 Å². The van der Waals surface area contributed by atoms with Crippen molar-refractivity contribution >= 4 is 5.97 Å². The van der Waals surface area contributed by atoms with Crippen molar-refractivity contribution in [3.8, 4) is 0 Å². The molecule has 0 unspecified atom stereocenters. The first kappa shape index (κ1) is 20.6. The lowest BCUT2D eigenvalue weighted by atomic mass is 9.47. The van der Waals surface area contributed by atoms with Crippen LogP contribution in [0.2, 0.25) is 0 Å². The Balaban J connectivity index is 1.58. The number of piperidine rings is 1. The molecule has 2 bridgehead atoms. The first-order chi connectivity index (χ1) is 14.1. The molecule has 1 saturated heterocycles. The topological polar surface area (TPSA) is 49.8 Å². The quantitative estimate of drug-likeness (QED) is 0.579. The van der Waals surface area contributed by atoms with Crippen LogP contribution in [0.25, 0.3) is 0 Å². The number of allylic oxidation sites excluding steroid dienone is 1. The van der Waals surface area contributed by atoms with Gasteiger partial charge in [-0.1, -0.05) is 48.9 Å². The number of aliphatic hydroxyl groups is 1. The van der Waals surface area contributed by atoms with Crippen molar-refractivity contribution in [2.24, 2.45) is 10.8 Å². The summed E-state index contributed by atoms with van der Waals surface area (Å²) in [7, 11) is 0. The van der Waals surface area contributed by atoms with Crippen molar-refractivity contribution in [1.82, 2.24) is 4.90 Å². The fourth-order valence-corrected chi connectivity index (χ4v) is 6.40. The number of nitrogens with zero attached hydrogens (tertiary/aromatic N) is 1. The van der Waals surface area contributed by atoms with Gasteiger partial charge in [0.2, 0.25) is 0 Å². The van der Waals surface area contributed by atoms with Gasteiger partial charge in [-0.05, 0) is 64.0 Å². The number of carbonyl (C=O) groups is 1. The van der Waals surface area contributed by atoms with Crippen molar-refractivity contribution < 1.29 is 14.6 Å². The summed E-state index contributed by atoms with van der Waals surface area (Å²) in [6, 6.07) is 10.6. The third-order valence-corrected chi connectivity index (χ3v) is 7.77. The molecule has 0 amide bonds. The van der Waals surface area contributed by atoms with E-state index in [0.29, 0.717) is 19.6 Å². The summed E-state index contributed by atoms with van der Waals surface area (Å²) in [5.74, 6) is -0.186. The number of hydrogen-bond donors (Lipinski definition) is 1. The predicted molar refractivity (Wildman–Crippen MR) is 114 cm³/mol. The second-order valence-corrected chi connectivity index (χ2v) is 9.31. The Kier molecular flexibility index (Phi) is 5.85. The number of ether oxygens (including phenoxy) is 1. The fraction of sp³-hybridized carbons (Fsp3) is 0.640. The smallest absolute Gasteiger partial charge is 0.316 e. The van der Waals surface area contributed by atoms with Crippen molar-refractivity contribution in [2.75, 3.05) is 26.2 Å². The molecule has 4 nitrogen and oxygen atoms in total. The number of aryl methyl sites for hydroxylation is 1. The van der Waals surface area contributed by atoms with Crippen LogP contribution in [0.4, 0.5) is 0 Å². The van der Waals surface area contributed by atoms with E-state index in [4.69, 9.17) is 4.74 Å². The van der Waals surface area contributed by atoms with Gasteiger partial charge >= 0.3 is 5.97 Å². The highest BCUT2D eigenvalue weighted by Gasteiger charge is 2.70. The lowest BCUT2D eigenvalue weighted by Crippen LogP contribution is -2.74. The zero-order chi connectivity index (χ0) is 20.4. The van der Waals surface area contributed by atoms with Gasteiger partial charge in [-0.2, -0.15) is 0 Å². The average molecular weight is 398 g/mol. The molecule has 0 aromatic heterocycles. The molecule has 1 heterocycles. The van der Waals surface area contributed by atoms with Crippen LogP contribution in [0.5, 0.6) is 0 Å². The maximum atomic E-state index is 13.3. The van der Waals surface area contributed by atoms with Crippen LogP contribution in [-0.4, -0.2) is 47.8 Å². The molecule has 2 fully saturated rings. The highest BCUT2D eigenvalue weighted by atomic mass is 16.5. The van der Waals surface area contributed by atoms with Crippen LogP contribution in [0.15, 0.2) is 42.5 Å². The summed E-state index contributed by atoms with van der Waals surface area (Å²) in [6.07, 6.45) is 11.6. The predicted octanol–water partition coefficient (Wildman–Crippen LogP) is 4.13. The van der Waals surface area contributed by atoms with Gasteiger partial charge < -0.3 is 14.7 Å². The van der Waals surface area contributed by atoms with Crippen LogP contribution < -0.4 is 0 Å². The highest BCUT2D eigenvalue weighted by Crippen LogP contribution is 2.62. The molecule has 1 saturated carbocycles. The van der Waals surface area contributed by atoms with E-state index in [1.165, 1.54) is 5.56 Å². The first-order valence-electron chi connectivity index (χ1n) is 11.4. The van der Waals surface area contributed by atoms with Crippen LogP contribution in [-0.2, 0) is 16.0 Å². The summed E-state index contributed by atoms with van der Waals surface area (Å²) in [5, 5.41) is 12.1. The Hall–Kier alpha value is -1.65. The number of likely N-dealkylation sites (tertiary alicyclic amines) is 1. The molecule has 29 heavy (non-hydrogen) atoms. The van der Waals surface area contributed by atoms with E-state index in [-0.39, 0.29) is 11.4 Å². The van der Waals surface area contributed by atoms with E-state index in [2.05, 4.69) is 47.4 Å². The molecule has 3 aliphatic rings. The summed E-state index contributed by atoms with van der Waals surface area (Å²) in [6.45, 7) is 4.70. The summed E-state index contributed by atoms with van der Waals surface area (Å²) in [5.41, 5.74) is -0.654. The third kappa shape index (κ3) is 3.44. The summed E-state index contributed by atoms with van der Waals surface area (Å²) >= 11 is 0. The Bertz CT molecular complexity index is 748. The van der Waals surface area contributed by atoms with Crippen molar-refractivity contribution in [3.63, 3.8) is 0 Å². The number of esters is 1. The van der Waals surface area contributed by atoms with E-state index >= 15 is 0 Å². The van der Waals surface area contributed by atoms with E-state index in [1.54, 1.807) is 0 Å². The molecule has 1 aromatic rings. The Labute approximate surface area is 174 Å². The van der Waals surface area contributed by atoms with E-state index in [0.717, 1.165) is 58.0 Å². The lowest BCUT2D eigenvalue weighted by molar-refractivity contribution is -0.250. The molecule has 1 aromatic carbocycles. The molecule has 3 atom stereocenters. The minimum Gasteiger partial charge on any atom is -0.465 e. The van der Waals surface area contributed by atoms with Gasteiger partial charge in [0.1, 0.15) is 5.41 Å². The van der Waals surface area contributed by atoms with Crippen molar-refractivity contribution in [1.29, 1.82) is 0 Å². The van der Waals surface area contributed by atoms with Crippen molar-refractivity contribution in [2.45, 2.75) is 63.9 Å². The van der Waals surface area contributed by atoms with Gasteiger partial charge in [0.25, 0.3) is 0 Å². The molecule has 1 aliphatic heterocycles. The summed E-state index contributed by atoms with van der Waals surface area (Å²) in [4.78, 5) is 15.8. The largest absolute Gasteiger partial charge is 0.465 e. The second-order valence-electron chi connectivity index (χ2n) is 9.31. The fourth-order valence-electron chi connectivity index (χ4n) is 6.40. The molecule has 158 valence electrons. The standard InChI is InChI=1S/C25H35NO3/c1-2-29-22(27)24-16-10-15-23(14-7-4-8-17-25(23,24)28)19-26(20-24)18-9-13-21-11-5-3-6-12-21/h3-6,8,11-12,28H,2,7,9-10,13-20H2,1H3/t23-,24+,25+/m0/s1. The van der Waals surface area contributed by atoms with Gasteiger partial charge in [-0.15, -0.1) is 0 Å². The number of rotatable bonds is 6. The summed E-state index contributed by atoms with van der Waals surface area (Å²) < 4.78 is 5.58. The third-order valence-electron chi connectivity index (χ3n) is 7.77. The van der Waals surface area contributed by atoms with Crippen LogP contribution in [0, 0.1) is 10.8 Å². The van der Waals surface area contributed by atoms with Gasteiger partial charge in [-0.25, -0.2) is 0 Å². The molecule has 0 spiro atoms. The van der Waals surface area contributed by atoms with Crippen molar-refractivity contribution in [3.05, 3.63) is 48.0 Å². The van der Waals surface area contributed by atoms with Gasteiger partial charge in [-0.3, -0.25) is 4.79 Å². The maximum absolute atomic E-state index is 13.3. The minimum atomic E-state index is -0.993. The number of carbonyl (C=O) groups excluding carboxylic acids is 1. The monoisotopic (exact) mass is 397 g/mol. The van der Waals surface area contributed by atoms with E-state index in [9.17, 15) is 9.90 Å². The van der Waals surface area contributed by atoms with E-state index in [1.807, 2.05) is 6.92 Å². The molecular weight excluding hydrogens is 362 g/mol. The van der Waals surface area contributed by atoms with Gasteiger partial charge in [0.05, 0.1) is 12.2 Å². The zero-order valence-corrected chi connectivity index (χ0v) is 17.7. The molecule has 4 rings (SSSR count). The normalized spacial score (nSPS) is 34.3. The molecule has 4 heteroatoms. The molecule has 0 radical (unpaired) electrons. The molecular formula is C25H35NO3. The Morgan fingerprint density at radius 2 is 1.97 bits per heavy atom. The number of hydrogen-bond acceptors (Lipinski definition) is 4. The molecule has 1 N–H and O–H groups in total. The Morgan fingerprint density at radius 1 is 1.14 bits per heavy atom. The average Bonchev–Trinajstić information content (AvgIpc) is 2.88. The Morgan fingerprint density at radius 3 is 2.76 bits per heavy atom. The van der Waals surface area contributed by atoms with Crippen LogP contribution >= 0.6 is 0 Å². The zero-order valence-electron chi connectivity index (χ0n) is 17.7. The number of benzene rings is 1. The first-order valence-corrected chi connectivity index (χ1v) is 11.4. The van der Waals surface area contributed by atoms with E-state index < -0.39 is 11.0 Å². The van der Waals surface area contributed by atoms with Crippen LogP contribution in [0.3, 0.4) is 0 Å². The lowest BCUT2D eigenvalue weighted by Gasteiger charge is -2.64. The van der Waals surface area contributed by atoms with Gasteiger partial charge in [0, 0.05) is 18.5 Å². The highest BCUT2D eigenvalue weighted by molar-refractivity contribution is 5.80. The van der Waals surface area contributed by atoms with Crippen LogP contribution in [0.1, 0.15) is 57.4 Å². The molecule has 2 aliphatic carbocycles. The maximum Gasteiger partial charge on any atom is 0.316 e.